The Balaban J connectivity index is 1.91. The molecule has 4 nitrogen and oxygen atoms in total. The van der Waals surface area contributed by atoms with Gasteiger partial charge in [-0.25, -0.2) is 0 Å². The zero-order valence-electron chi connectivity index (χ0n) is 10.8. The molecule has 2 N–H and O–H groups in total. The molecule has 1 aliphatic heterocycles. The molecular weight excluding hydrogens is 320 g/mol. The average Bonchev–Trinajstić information content (AvgIpc) is 2.75. The molecule has 0 spiro atoms. The van der Waals surface area contributed by atoms with Gasteiger partial charge in [-0.3, -0.25) is 4.79 Å². The standard InChI is InChI=1S/C15H13BrN2O2/c1-20-11-4-2-3-10(8-11)17-14-12-7-9(16)5-6-13(12)18-15(14)19/h2-8,14,17H,1H3,(H,18,19). The highest BCUT2D eigenvalue weighted by atomic mass is 79.9. The van der Waals surface area contributed by atoms with Crippen LogP contribution in [0.1, 0.15) is 11.6 Å². The Bertz CT molecular complexity index is 673. The van der Waals surface area contributed by atoms with E-state index >= 15 is 0 Å². The number of nitrogens with one attached hydrogen (secondary N) is 2. The first-order valence-electron chi connectivity index (χ1n) is 6.18. The number of rotatable bonds is 3. The number of hydrogen-bond acceptors (Lipinski definition) is 3. The summed E-state index contributed by atoms with van der Waals surface area (Å²) in [5.41, 5.74) is 2.63. The monoisotopic (exact) mass is 332 g/mol. The number of methoxy groups -OCH3 is 1. The smallest absolute Gasteiger partial charge is 0.251 e. The number of carbonyl (C=O) groups is 1. The number of anilines is 2. The molecule has 0 saturated heterocycles. The molecule has 102 valence electrons. The van der Waals surface area contributed by atoms with Crippen molar-refractivity contribution < 1.29 is 9.53 Å². The van der Waals surface area contributed by atoms with E-state index in [-0.39, 0.29) is 5.91 Å². The average molecular weight is 333 g/mol. The van der Waals surface area contributed by atoms with Gasteiger partial charge in [0.2, 0.25) is 0 Å². The first-order valence-corrected chi connectivity index (χ1v) is 6.97. The van der Waals surface area contributed by atoms with Gasteiger partial charge in [0.25, 0.3) is 5.91 Å². The van der Waals surface area contributed by atoms with Gasteiger partial charge < -0.3 is 15.4 Å². The maximum Gasteiger partial charge on any atom is 0.251 e. The molecule has 2 aromatic carbocycles. The van der Waals surface area contributed by atoms with E-state index in [0.29, 0.717) is 0 Å². The van der Waals surface area contributed by atoms with E-state index in [1.165, 1.54) is 0 Å². The lowest BCUT2D eigenvalue weighted by molar-refractivity contribution is -0.116. The minimum atomic E-state index is -0.394. The molecule has 0 aliphatic carbocycles. The molecule has 0 saturated carbocycles. The van der Waals surface area contributed by atoms with Crippen LogP contribution in [0, 0.1) is 0 Å². The van der Waals surface area contributed by atoms with Crippen LogP contribution >= 0.6 is 15.9 Å². The zero-order valence-corrected chi connectivity index (χ0v) is 12.4. The van der Waals surface area contributed by atoms with Crippen LogP contribution in [-0.2, 0) is 4.79 Å². The summed E-state index contributed by atoms with van der Waals surface area (Å²) < 4.78 is 6.14. The summed E-state index contributed by atoms with van der Waals surface area (Å²) in [5.74, 6) is 0.698. The second-order valence-corrected chi connectivity index (χ2v) is 5.45. The van der Waals surface area contributed by atoms with E-state index in [1.54, 1.807) is 7.11 Å². The topological polar surface area (TPSA) is 50.4 Å². The van der Waals surface area contributed by atoms with Crippen LogP contribution in [0.5, 0.6) is 5.75 Å². The molecule has 0 bridgehead atoms. The van der Waals surface area contributed by atoms with E-state index in [2.05, 4.69) is 26.6 Å². The van der Waals surface area contributed by atoms with Crippen LogP contribution in [0.2, 0.25) is 0 Å². The van der Waals surface area contributed by atoms with Crippen molar-refractivity contribution in [3.63, 3.8) is 0 Å². The maximum atomic E-state index is 12.1. The maximum absolute atomic E-state index is 12.1. The highest BCUT2D eigenvalue weighted by Gasteiger charge is 2.30. The lowest BCUT2D eigenvalue weighted by Crippen LogP contribution is -2.19. The fourth-order valence-corrected chi connectivity index (χ4v) is 2.63. The zero-order chi connectivity index (χ0) is 14.1. The van der Waals surface area contributed by atoms with Crippen LogP contribution in [-0.4, -0.2) is 13.0 Å². The summed E-state index contributed by atoms with van der Waals surface area (Å²) in [6.45, 7) is 0. The van der Waals surface area contributed by atoms with E-state index in [9.17, 15) is 4.79 Å². The molecule has 0 fully saturated rings. The fourth-order valence-electron chi connectivity index (χ4n) is 2.26. The Hall–Kier alpha value is -2.01. The molecule has 1 atom stereocenters. The van der Waals surface area contributed by atoms with Crippen molar-refractivity contribution in [1.82, 2.24) is 0 Å². The Morgan fingerprint density at radius 3 is 2.90 bits per heavy atom. The fraction of sp³-hybridized carbons (Fsp3) is 0.133. The minimum Gasteiger partial charge on any atom is -0.497 e. The second-order valence-electron chi connectivity index (χ2n) is 4.53. The third kappa shape index (κ3) is 2.36. The number of hydrogen-bond donors (Lipinski definition) is 2. The van der Waals surface area contributed by atoms with Gasteiger partial charge in [-0.2, -0.15) is 0 Å². The van der Waals surface area contributed by atoms with E-state index in [1.807, 2.05) is 42.5 Å². The van der Waals surface area contributed by atoms with Gasteiger partial charge in [-0.15, -0.1) is 0 Å². The highest BCUT2D eigenvalue weighted by Crippen LogP contribution is 2.35. The van der Waals surface area contributed by atoms with Gasteiger partial charge in [0, 0.05) is 27.5 Å². The van der Waals surface area contributed by atoms with E-state index < -0.39 is 6.04 Å². The molecule has 5 heteroatoms. The van der Waals surface area contributed by atoms with Crippen molar-refractivity contribution >= 4 is 33.2 Å². The number of fused-ring (bicyclic) bond motifs is 1. The highest BCUT2D eigenvalue weighted by molar-refractivity contribution is 9.10. The Morgan fingerprint density at radius 2 is 2.10 bits per heavy atom. The summed E-state index contributed by atoms with van der Waals surface area (Å²) in [4.78, 5) is 12.1. The summed E-state index contributed by atoms with van der Waals surface area (Å²) in [5, 5.41) is 6.11. The molecule has 20 heavy (non-hydrogen) atoms. The number of benzene rings is 2. The summed E-state index contributed by atoms with van der Waals surface area (Å²) in [7, 11) is 1.62. The quantitative estimate of drug-likeness (QED) is 0.903. The third-order valence-electron chi connectivity index (χ3n) is 3.23. The van der Waals surface area contributed by atoms with Crippen LogP contribution in [0.15, 0.2) is 46.9 Å². The largest absolute Gasteiger partial charge is 0.497 e. The molecule has 1 heterocycles. The molecular formula is C15H13BrN2O2. The lowest BCUT2D eigenvalue weighted by Gasteiger charge is -2.14. The van der Waals surface area contributed by atoms with Gasteiger partial charge in [-0.05, 0) is 30.3 Å². The number of carbonyl (C=O) groups excluding carboxylic acids is 1. The Kier molecular flexibility index (Phi) is 3.36. The van der Waals surface area contributed by atoms with Crippen molar-refractivity contribution in [2.45, 2.75) is 6.04 Å². The SMILES string of the molecule is COc1cccc(NC2C(=O)Nc3ccc(Br)cc32)c1. The van der Waals surface area contributed by atoms with Crippen LogP contribution in [0.25, 0.3) is 0 Å². The van der Waals surface area contributed by atoms with Crippen molar-refractivity contribution in [3.8, 4) is 5.75 Å². The second kappa shape index (κ2) is 5.17. The van der Waals surface area contributed by atoms with E-state index in [4.69, 9.17) is 4.74 Å². The van der Waals surface area contributed by atoms with Crippen molar-refractivity contribution in [3.05, 3.63) is 52.5 Å². The van der Waals surface area contributed by atoms with Gasteiger partial charge in [0.1, 0.15) is 11.8 Å². The summed E-state index contributed by atoms with van der Waals surface area (Å²) >= 11 is 3.43. The van der Waals surface area contributed by atoms with Gasteiger partial charge in [0.05, 0.1) is 7.11 Å². The van der Waals surface area contributed by atoms with Crippen molar-refractivity contribution in [2.24, 2.45) is 0 Å². The van der Waals surface area contributed by atoms with Crippen LogP contribution in [0.3, 0.4) is 0 Å². The summed E-state index contributed by atoms with van der Waals surface area (Å²) in [6, 6.07) is 12.9. The predicted octanol–water partition coefficient (Wildman–Crippen LogP) is 3.56. The lowest BCUT2D eigenvalue weighted by atomic mass is 10.1. The molecule has 0 radical (unpaired) electrons. The molecule has 2 aromatic rings. The van der Waals surface area contributed by atoms with Gasteiger partial charge >= 0.3 is 0 Å². The number of halogens is 1. The molecule has 1 amide bonds. The first-order chi connectivity index (χ1) is 9.67. The minimum absolute atomic E-state index is 0.0547. The number of amides is 1. The first kappa shape index (κ1) is 13.0. The van der Waals surface area contributed by atoms with Crippen LogP contribution in [0.4, 0.5) is 11.4 Å². The molecule has 1 aliphatic rings. The third-order valence-corrected chi connectivity index (χ3v) is 3.72. The Labute approximate surface area is 125 Å². The van der Waals surface area contributed by atoms with Gasteiger partial charge in [0.15, 0.2) is 0 Å². The van der Waals surface area contributed by atoms with Gasteiger partial charge in [-0.1, -0.05) is 22.0 Å². The predicted molar refractivity (Wildman–Crippen MR) is 82.1 cm³/mol. The Morgan fingerprint density at radius 1 is 1.25 bits per heavy atom. The normalized spacial score (nSPS) is 16.5. The number of ether oxygens (including phenoxy) is 1. The van der Waals surface area contributed by atoms with Crippen molar-refractivity contribution in [2.75, 3.05) is 17.7 Å². The molecule has 3 rings (SSSR count). The van der Waals surface area contributed by atoms with E-state index in [0.717, 1.165) is 27.2 Å². The summed E-state index contributed by atoms with van der Waals surface area (Å²) in [6.07, 6.45) is 0. The molecule has 1 unspecified atom stereocenters. The van der Waals surface area contributed by atoms with Crippen molar-refractivity contribution in [1.29, 1.82) is 0 Å². The molecule has 0 aromatic heterocycles. The van der Waals surface area contributed by atoms with Crippen LogP contribution < -0.4 is 15.4 Å².